The van der Waals surface area contributed by atoms with Crippen LogP contribution in [-0.2, 0) is 0 Å². The highest BCUT2D eigenvalue weighted by molar-refractivity contribution is 6.32. The zero-order chi connectivity index (χ0) is 11.5. The standard InChI is InChI=1S/C10H11ClN2O2/c1-10(2,5-12)6-13-9(14)7-3-4-15-8(7)11/h3-4H,6H2,1-2H3,(H,13,14). The third-order valence-corrected chi connectivity index (χ3v) is 2.15. The van der Waals surface area contributed by atoms with Crippen molar-refractivity contribution in [3.63, 3.8) is 0 Å². The van der Waals surface area contributed by atoms with Crippen LogP contribution in [0, 0.1) is 16.7 Å². The molecular weight excluding hydrogens is 216 g/mol. The average molecular weight is 227 g/mol. The highest BCUT2D eigenvalue weighted by atomic mass is 35.5. The molecule has 0 radical (unpaired) electrons. The van der Waals surface area contributed by atoms with Crippen LogP contribution in [0.3, 0.4) is 0 Å². The molecule has 5 heteroatoms. The number of rotatable bonds is 3. The van der Waals surface area contributed by atoms with Gasteiger partial charge in [0.2, 0.25) is 5.22 Å². The van der Waals surface area contributed by atoms with Gasteiger partial charge in [0.15, 0.2) is 0 Å². The second kappa shape index (κ2) is 4.37. The van der Waals surface area contributed by atoms with Gasteiger partial charge in [0, 0.05) is 6.54 Å². The van der Waals surface area contributed by atoms with Gasteiger partial charge in [-0.25, -0.2) is 0 Å². The van der Waals surface area contributed by atoms with Crippen LogP contribution in [0.25, 0.3) is 0 Å². The Balaban J connectivity index is 2.59. The molecule has 0 unspecified atom stereocenters. The maximum absolute atomic E-state index is 11.5. The van der Waals surface area contributed by atoms with Crippen molar-refractivity contribution in [1.29, 1.82) is 5.26 Å². The summed E-state index contributed by atoms with van der Waals surface area (Å²) >= 11 is 5.63. The molecule has 0 aliphatic heterocycles. The summed E-state index contributed by atoms with van der Waals surface area (Å²) in [6.45, 7) is 3.75. The summed E-state index contributed by atoms with van der Waals surface area (Å²) in [5.74, 6) is -0.336. The molecule has 1 heterocycles. The Morgan fingerprint density at radius 1 is 1.73 bits per heavy atom. The quantitative estimate of drug-likeness (QED) is 0.859. The van der Waals surface area contributed by atoms with Crippen LogP contribution in [0.4, 0.5) is 0 Å². The number of hydrogen-bond donors (Lipinski definition) is 1. The van der Waals surface area contributed by atoms with Gasteiger partial charge in [-0.05, 0) is 31.5 Å². The number of carbonyl (C=O) groups is 1. The molecule has 1 rings (SSSR count). The lowest BCUT2D eigenvalue weighted by Gasteiger charge is -2.15. The summed E-state index contributed by atoms with van der Waals surface area (Å²) in [6.07, 6.45) is 1.34. The molecule has 1 aromatic rings. The lowest BCUT2D eigenvalue weighted by Crippen LogP contribution is -2.33. The van der Waals surface area contributed by atoms with Crippen molar-refractivity contribution < 1.29 is 9.21 Å². The molecule has 0 aliphatic carbocycles. The zero-order valence-corrected chi connectivity index (χ0v) is 9.26. The second-order valence-electron chi connectivity index (χ2n) is 3.79. The fraction of sp³-hybridized carbons (Fsp3) is 0.400. The van der Waals surface area contributed by atoms with E-state index in [2.05, 4.69) is 11.4 Å². The Labute approximate surface area is 92.8 Å². The van der Waals surface area contributed by atoms with E-state index >= 15 is 0 Å². The Bertz CT molecular complexity index is 404. The summed E-state index contributed by atoms with van der Waals surface area (Å²) in [5.41, 5.74) is -0.309. The molecule has 0 aliphatic rings. The number of nitrogens with zero attached hydrogens (tertiary/aromatic N) is 1. The Morgan fingerprint density at radius 2 is 2.40 bits per heavy atom. The maximum atomic E-state index is 11.5. The van der Waals surface area contributed by atoms with E-state index in [1.165, 1.54) is 12.3 Å². The molecule has 0 bridgehead atoms. The minimum atomic E-state index is -0.591. The Hall–Kier alpha value is -1.47. The lowest BCUT2D eigenvalue weighted by atomic mass is 9.96. The van der Waals surface area contributed by atoms with Crippen molar-refractivity contribution in [3.05, 3.63) is 23.1 Å². The van der Waals surface area contributed by atoms with Gasteiger partial charge in [-0.1, -0.05) is 0 Å². The first-order valence-corrected chi connectivity index (χ1v) is 4.76. The number of nitrogens with one attached hydrogen (secondary N) is 1. The Kier molecular flexibility index (Phi) is 3.38. The molecule has 15 heavy (non-hydrogen) atoms. The fourth-order valence-corrected chi connectivity index (χ4v) is 1.09. The van der Waals surface area contributed by atoms with Crippen molar-refractivity contribution >= 4 is 17.5 Å². The van der Waals surface area contributed by atoms with Crippen molar-refractivity contribution in [2.24, 2.45) is 5.41 Å². The molecule has 4 nitrogen and oxygen atoms in total. The minimum absolute atomic E-state index is 0.0577. The SMILES string of the molecule is CC(C)(C#N)CNC(=O)c1ccoc1Cl. The van der Waals surface area contributed by atoms with E-state index in [0.29, 0.717) is 0 Å². The zero-order valence-electron chi connectivity index (χ0n) is 8.50. The fourth-order valence-electron chi connectivity index (χ4n) is 0.892. The van der Waals surface area contributed by atoms with E-state index in [1.54, 1.807) is 13.8 Å². The molecule has 0 saturated heterocycles. The minimum Gasteiger partial charge on any atom is -0.452 e. The van der Waals surface area contributed by atoms with Crippen LogP contribution in [0.5, 0.6) is 0 Å². The molecule has 0 atom stereocenters. The number of furan rings is 1. The van der Waals surface area contributed by atoms with Gasteiger partial charge in [-0.3, -0.25) is 4.79 Å². The smallest absolute Gasteiger partial charge is 0.256 e. The molecule has 0 saturated carbocycles. The van der Waals surface area contributed by atoms with Gasteiger partial charge in [0.05, 0.1) is 23.3 Å². The number of nitriles is 1. The van der Waals surface area contributed by atoms with E-state index in [9.17, 15) is 4.79 Å². The molecule has 0 fully saturated rings. The van der Waals surface area contributed by atoms with Gasteiger partial charge in [0.25, 0.3) is 5.91 Å². The molecule has 1 N–H and O–H groups in total. The number of amides is 1. The van der Waals surface area contributed by atoms with Crippen molar-refractivity contribution in [1.82, 2.24) is 5.32 Å². The van der Waals surface area contributed by atoms with E-state index in [4.69, 9.17) is 21.3 Å². The predicted molar refractivity (Wildman–Crippen MR) is 55.4 cm³/mol. The second-order valence-corrected chi connectivity index (χ2v) is 4.13. The monoisotopic (exact) mass is 226 g/mol. The number of hydrogen-bond acceptors (Lipinski definition) is 3. The van der Waals surface area contributed by atoms with Crippen LogP contribution in [0.1, 0.15) is 24.2 Å². The molecule has 1 aromatic heterocycles. The highest BCUT2D eigenvalue weighted by Gasteiger charge is 2.19. The van der Waals surface area contributed by atoms with E-state index in [1.807, 2.05) is 0 Å². The van der Waals surface area contributed by atoms with Crippen LogP contribution in [0.15, 0.2) is 16.7 Å². The maximum Gasteiger partial charge on any atom is 0.256 e. The topological polar surface area (TPSA) is 66.0 Å². The summed E-state index contributed by atoms with van der Waals surface area (Å²) < 4.78 is 4.78. The van der Waals surface area contributed by atoms with Gasteiger partial charge in [-0.2, -0.15) is 5.26 Å². The third kappa shape index (κ3) is 3.00. The molecular formula is C10H11ClN2O2. The van der Waals surface area contributed by atoms with E-state index < -0.39 is 5.41 Å². The van der Waals surface area contributed by atoms with Crippen LogP contribution in [0.2, 0.25) is 5.22 Å². The molecule has 0 spiro atoms. The number of carbonyl (C=O) groups excluding carboxylic acids is 1. The van der Waals surface area contributed by atoms with Crippen LogP contribution >= 0.6 is 11.6 Å². The average Bonchev–Trinajstić information content (AvgIpc) is 2.61. The largest absolute Gasteiger partial charge is 0.452 e. The van der Waals surface area contributed by atoms with E-state index in [-0.39, 0.29) is 23.2 Å². The summed E-state index contributed by atoms with van der Waals surface area (Å²) in [5, 5.41) is 11.4. The summed E-state index contributed by atoms with van der Waals surface area (Å²) in [7, 11) is 0. The van der Waals surface area contributed by atoms with E-state index in [0.717, 1.165) is 0 Å². The molecule has 0 aromatic carbocycles. The van der Waals surface area contributed by atoms with Crippen LogP contribution in [-0.4, -0.2) is 12.5 Å². The first-order valence-electron chi connectivity index (χ1n) is 4.39. The van der Waals surface area contributed by atoms with Gasteiger partial charge in [-0.15, -0.1) is 0 Å². The predicted octanol–water partition coefficient (Wildman–Crippen LogP) is 2.21. The first-order chi connectivity index (χ1) is 6.96. The van der Waals surface area contributed by atoms with Crippen LogP contribution < -0.4 is 5.32 Å². The third-order valence-electron chi connectivity index (χ3n) is 1.86. The van der Waals surface area contributed by atoms with Crippen molar-refractivity contribution in [2.45, 2.75) is 13.8 Å². The van der Waals surface area contributed by atoms with Gasteiger partial charge < -0.3 is 9.73 Å². The normalized spacial score (nSPS) is 10.8. The highest BCUT2D eigenvalue weighted by Crippen LogP contribution is 2.17. The molecule has 80 valence electrons. The lowest BCUT2D eigenvalue weighted by molar-refractivity contribution is 0.0943. The van der Waals surface area contributed by atoms with Crippen molar-refractivity contribution in [2.75, 3.05) is 6.54 Å². The first kappa shape index (κ1) is 11.6. The van der Waals surface area contributed by atoms with Crippen molar-refractivity contribution in [3.8, 4) is 6.07 Å². The Morgan fingerprint density at radius 3 is 2.87 bits per heavy atom. The van der Waals surface area contributed by atoms with Gasteiger partial charge in [0.1, 0.15) is 0 Å². The summed E-state index contributed by atoms with van der Waals surface area (Å²) in [6, 6.07) is 3.57. The number of halogens is 1. The van der Waals surface area contributed by atoms with Gasteiger partial charge >= 0.3 is 0 Å². The summed E-state index contributed by atoms with van der Waals surface area (Å²) in [4.78, 5) is 11.5. The molecule has 1 amide bonds.